The molecule has 0 saturated carbocycles. The number of carboxylic acid groups (broad SMARTS) is 1. The average molecular weight is 111 g/mol. The van der Waals surface area contributed by atoms with Crippen LogP contribution in [-0.4, -0.2) is 15.8 Å². The molecule has 0 radical (unpaired) electrons. The van der Waals surface area contributed by atoms with Gasteiger partial charge in [-0.05, 0) is 12.1 Å². The van der Waals surface area contributed by atoms with Gasteiger partial charge >= 0.3 is 6.09 Å². The number of carbonyl (C=O) groups is 1. The lowest BCUT2D eigenvalue weighted by molar-refractivity contribution is 0.196. The number of rotatable bonds is 0. The van der Waals surface area contributed by atoms with Crippen LogP contribution >= 0.6 is 0 Å². The van der Waals surface area contributed by atoms with E-state index in [0.29, 0.717) is 0 Å². The van der Waals surface area contributed by atoms with Crippen LogP contribution in [0.5, 0.6) is 0 Å². The van der Waals surface area contributed by atoms with Crippen molar-refractivity contribution in [1.29, 1.82) is 0 Å². The van der Waals surface area contributed by atoms with Crippen molar-refractivity contribution in [3.63, 3.8) is 0 Å². The van der Waals surface area contributed by atoms with Crippen molar-refractivity contribution >= 4 is 6.09 Å². The number of aromatic nitrogens is 1. The van der Waals surface area contributed by atoms with E-state index in [1.54, 1.807) is 12.1 Å². The second-order valence-electron chi connectivity index (χ2n) is 1.37. The van der Waals surface area contributed by atoms with E-state index in [0.717, 1.165) is 4.57 Å². The first kappa shape index (κ1) is 4.90. The lowest BCUT2D eigenvalue weighted by Gasteiger charge is -1.87. The maximum absolute atomic E-state index is 10.0. The quantitative estimate of drug-likeness (QED) is 0.543. The third-order valence-electron chi connectivity index (χ3n) is 0.825. The van der Waals surface area contributed by atoms with Gasteiger partial charge in [-0.25, -0.2) is 4.79 Å². The fourth-order valence-electron chi connectivity index (χ4n) is 0.462. The molecule has 1 N–H and O–H groups in total. The smallest absolute Gasteiger partial charge is 0.415 e. The molecule has 42 valence electrons. The van der Waals surface area contributed by atoms with Crippen molar-refractivity contribution in [2.24, 2.45) is 0 Å². The maximum Gasteiger partial charge on any atom is 0.415 e. The van der Waals surface area contributed by atoms with Gasteiger partial charge in [-0.2, -0.15) is 0 Å². The molecule has 0 bridgehead atoms. The predicted octanol–water partition coefficient (Wildman–Crippen LogP) is 1.01. The van der Waals surface area contributed by atoms with E-state index in [1.165, 1.54) is 12.4 Å². The molecule has 1 aromatic heterocycles. The number of nitrogens with zero attached hydrogens (tertiary/aromatic N) is 1. The Morgan fingerprint density at radius 1 is 1.38 bits per heavy atom. The van der Waals surface area contributed by atoms with Crippen LogP contribution in [-0.2, 0) is 0 Å². The SMILES string of the molecule is O=C(O)n1cccc1. The molecular weight excluding hydrogens is 106 g/mol. The van der Waals surface area contributed by atoms with Crippen LogP contribution in [0.1, 0.15) is 0 Å². The summed E-state index contributed by atoms with van der Waals surface area (Å²) in [6.07, 6.45) is 2.00. The van der Waals surface area contributed by atoms with E-state index in [2.05, 4.69) is 0 Å². The van der Waals surface area contributed by atoms with Crippen molar-refractivity contribution in [1.82, 2.24) is 4.57 Å². The summed E-state index contributed by atoms with van der Waals surface area (Å²) in [4.78, 5) is 10.0. The molecule has 0 atom stereocenters. The lowest BCUT2D eigenvalue weighted by Crippen LogP contribution is -2.03. The minimum absolute atomic E-state index is 0.949. The Kier molecular flexibility index (Phi) is 1.04. The third-order valence-corrected chi connectivity index (χ3v) is 0.825. The van der Waals surface area contributed by atoms with Gasteiger partial charge in [-0.1, -0.05) is 0 Å². The number of hydrogen-bond donors (Lipinski definition) is 1. The molecule has 3 nitrogen and oxygen atoms in total. The standard InChI is InChI=1S/C5H5NO2/c7-5(8)6-3-1-2-4-6/h1-4H,(H,7,8). The van der Waals surface area contributed by atoms with Crippen LogP contribution in [0.4, 0.5) is 4.79 Å². The van der Waals surface area contributed by atoms with Crippen LogP contribution in [0.15, 0.2) is 24.5 Å². The van der Waals surface area contributed by atoms with Crippen molar-refractivity contribution in [3.05, 3.63) is 24.5 Å². The van der Waals surface area contributed by atoms with Gasteiger partial charge in [0.1, 0.15) is 0 Å². The topological polar surface area (TPSA) is 42.2 Å². The largest absolute Gasteiger partial charge is 0.464 e. The van der Waals surface area contributed by atoms with E-state index in [4.69, 9.17) is 5.11 Å². The van der Waals surface area contributed by atoms with E-state index >= 15 is 0 Å². The van der Waals surface area contributed by atoms with Gasteiger partial charge in [0.05, 0.1) is 0 Å². The molecule has 1 heterocycles. The summed E-state index contributed by atoms with van der Waals surface area (Å²) in [5, 5.41) is 8.24. The predicted molar refractivity (Wildman–Crippen MR) is 27.9 cm³/mol. The summed E-state index contributed by atoms with van der Waals surface area (Å²) < 4.78 is 1.08. The summed E-state index contributed by atoms with van der Waals surface area (Å²) in [6.45, 7) is 0. The monoisotopic (exact) mass is 111 g/mol. The highest BCUT2D eigenvalue weighted by Crippen LogP contribution is 1.86. The van der Waals surface area contributed by atoms with Crippen LogP contribution in [0.25, 0.3) is 0 Å². The van der Waals surface area contributed by atoms with Crippen molar-refractivity contribution in [2.75, 3.05) is 0 Å². The lowest BCUT2D eigenvalue weighted by atomic mass is 10.7. The number of hydrogen-bond acceptors (Lipinski definition) is 1. The molecule has 0 aliphatic heterocycles. The van der Waals surface area contributed by atoms with Crippen LogP contribution in [0.3, 0.4) is 0 Å². The first-order chi connectivity index (χ1) is 3.80. The fraction of sp³-hybridized carbons (Fsp3) is 0. The van der Waals surface area contributed by atoms with Gasteiger partial charge in [0, 0.05) is 12.4 Å². The Hall–Kier alpha value is -1.25. The zero-order chi connectivity index (χ0) is 5.98. The van der Waals surface area contributed by atoms with Crippen molar-refractivity contribution in [3.8, 4) is 0 Å². The second kappa shape index (κ2) is 1.69. The summed E-state index contributed by atoms with van der Waals surface area (Å²) in [5.74, 6) is 0. The summed E-state index contributed by atoms with van der Waals surface area (Å²) in [5.41, 5.74) is 0. The molecule has 0 aromatic carbocycles. The summed E-state index contributed by atoms with van der Waals surface area (Å²) in [7, 11) is 0. The highest BCUT2D eigenvalue weighted by atomic mass is 16.4. The van der Waals surface area contributed by atoms with Crippen LogP contribution in [0.2, 0.25) is 0 Å². The molecule has 0 fully saturated rings. The Balaban J connectivity index is 2.93. The Morgan fingerprint density at radius 3 is 2.12 bits per heavy atom. The van der Waals surface area contributed by atoms with Gasteiger partial charge < -0.3 is 5.11 Å². The normalized spacial score (nSPS) is 9.00. The minimum atomic E-state index is -0.949. The Morgan fingerprint density at radius 2 is 1.88 bits per heavy atom. The summed E-state index contributed by atoms with van der Waals surface area (Å²) in [6, 6.07) is 3.32. The second-order valence-corrected chi connectivity index (χ2v) is 1.37. The molecule has 0 aliphatic rings. The van der Waals surface area contributed by atoms with Gasteiger partial charge in [-0.15, -0.1) is 0 Å². The van der Waals surface area contributed by atoms with E-state index in [-0.39, 0.29) is 0 Å². The zero-order valence-corrected chi connectivity index (χ0v) is 4.11. The van der Waals surface area contributed by atoms with Crippen molar-refractivity contribution < 1.29 is 9.90 Å². The van der Waals surface area contributed by atoms with Crippen molar-refractivity contribution in [2.45, 2.75) is 0 Å². The van der Waals surface area contributed by atoms with Gasteiger partial charge in [-0.3, -0.25) is 4.57 Å². The van der Waals surface area contributed by atoms with E-state index in [9.17, 15) is 4.79 Å². The van der Waals surface area contributed by atoms with Gasteiger partial charge in [0.25, 0.3) is 0 Å². The fourth-order valence-corrected chi connectivity index (χ4v) is 0.462. The van der Waals surface area contributed by atoms with E-state index < -0.39 is 6.09 Å². The Labute approximate surface area is 46.2 Å². The Bertz CT molecular complexity index is 178. The molecule has 1 rings (SSSR count). The molecule has 8 heavy (non-hydrogen) atoms. The summed E-state index contributed by atoms with van der Waals surface area (Å²) >= 11 is 0. The molecule has 0 saturated heterocycles. The van der Waals surface area contributed by atoms with Gasteiger partial charge in [0.15, 0.2) is 0 Å². The minimum Gasteiger partial charge on any atom is -0.464 e. The first-order valence-corrected chi connectivity index (χ1v) is 2.17. The van der Waals surface area contributed by atoms with Gasteiger partial charge in [0.2, 0.25) is 0 Å². The molecule has 1 aromatic rings. The highest BCUT2D eigenvalue weighted by molar-refractivity contribution is 5.67. The molecule has 0 aliphatic carbocycles. The molecule has 3 heteroatoms. The molecule has 0 amide bonds. The van der Waals surface area contributed by atoms with Crippen LogP contribution < -0.4 is 0 Å². The van der Waals surface area contributed by atoms with E-state index in [1.807, 2.05) is 0 Å². The molecule has 0 unspecified atom stereocenters. The first-order valence-electron chi connectivity index (χ1n) is 2.17. The molecule has 0 spiro atoms. The zero-order valence-electron chi connectivity index (χ0n) is 4.11. The average Bonchev–Trinajstić information content (AvgIpc) is 2.12. The maximum atomic E-state index is 10.0. The third kappa shape index (κ3) is 0.703. The molecular formula is C5H5NO2. The van der Waals surface area contributed by atoms with Crippen LogP contribution in [0, 0.1) is 0 Å². The highest BCUT2D eigenvalue weighted by Gasteiger charge is 1.92.